The Bertz CT molecular complexity index is 1620. The van der Waals surface area contributed by atoms with Crippen LogP contribution in [0.3, 0.4) is 0 Å². The number of anilines is 1. The first-order chi connectivity index (χ1) is 20.7. The standard InChI is InChI=1S/C34H36ClN3O4S/c1-3-22-36-34(40)32(23-27-14-7-4-8-15-27)37(24-28-16-9-5-10-17-28)33(39)25-38(31-21-13-20-30(35)26(31)2)43(41,42)29-18-11-6-12-19-29/h4-21,32H,3,22-25H2,1-2H3,(H,36,40)/t32-/m0/s1. The Morgan fingerprint density at radius 2 is 1.40 bits per heavy atom. The summed E-state index contributed by atoms with van der Waals surface area (Å²) in [6.07, 6.45) is 0.990. The average molecular weight is 618 g/mol. The first kappa shape index (κ1) is 31.8. The molecule has 0 saturated carbocycles. The van der Waals surface area contributed by atoms with Gasteiger partial charge in [0.15, 0.2) is 0 Å². The predicted molar refractivity (Wildman–Crippen MR) is 171 cm³/mol. The number of nitrogens with one attached hydrogen (secondary N) is 1. The van der Waals surface area contributed by atoms with Crippen molar-refractivity contribution >= 4 is 39.1 Å². The third-order valence-electron chi connectivity index (χ3n) is 7.13. The largest absolute Gasteiger partial charge is 0.354 e. The van der Waals surface area contributed by atoms with Gasteiger partial charge in [0.25, 0.3) is 10.0 Å². The summed E-state index contributed by atoms with van der Waals surface area (Å²) in [6, 6.07) is 30.9. The minimum Gasteiger partial charge on any atom is -0.354 e. The van der Waals surface area contributed by atoms with Crippen LogP contribution in [-0.4, -0.2) is 44.3 Å². The minimum absolute atomic E-state index is 0.0401. The molecule has 0 aliphatic carbocycles. The molecule has 0 aromatic heterocycles. The molecule has 2 amide bonds. The van der Waals surface area contributed by atoms with Crippen molar-refractivity contribution in [2.75, 3.05) is 17.4 Å². The molecule has 0 bridgehead atoms. The van der Waals surface area contributed by atoms with E-state index in [2.05, 4.69) is 5.32 Å². The molecule has 7 nitrogen and oxygen atoms in total. The molecule has 0 unspecified atom stereocenters. The van der Waals surface area contributed by atoms with Crippen molar-refractivity contribution in [2.45, 2.75) is 44.2 Å². The highest BCUT2D eigenvalue weighted by Gasteiger charge is 2.35. The maximum atomic E-state index is 14.4. The van der Waals surface area contributed by atoms with Crippen molar-refractivity contribution < 1.29 is 18.0 Å². The first-order valence-electron chi connectivity index (χ1n) is 14.2. The second-order valence-corrected chi connectivity index (χ2v) is 12.5. The van der Waals surface area contributed by atoms with Crippen LogP contribution in [0, 0.1) is 6.92 Å². The smallest absolute Gasteiger partial charge is 0.264 e. The number of hydrogen-bond acceptors (Lipinski definition) is 4. The van der Waals surface area contributed by atoms with E-state index in [0.29, 0.717) is 22.8 Å². The molecule has 1 N–H and O–H groups in total. The lowest BCUT2D eigenvalue weighted by molar-refractivity contribution is -0.140. The molecule has 9 heteroatoms. The van der Waals surface area contributed by atoms with Crippen molar-refractivity contribution in [2.24, 2.45) is 0 Å². The van der Waals surface area contributed by atoms with E-state index >= 15 is 0 Å². The monoisotopic (exact) mass is 617 g/mol. The Labute approximate surface area is 259 Å². The van der Waals surface area contributed by atoms with E-state index < -0.39 is 28.5 Å². The molecule has 0 saturated heterocycles. The third-order valence-corrected chi connectivity index (χ3v) is 9.32. The Hall–Kier alpha value is -4.14. The van der Waals surface area contributed by atoms with Crippen LogP contribution < -0.4 is 9.62 Å². The normalized spacial score (nSPS) is 11.9. The lowest BCUT2D eigenvalue weighted by atomic mass is 10.0. The molecule has 4 aromatic carbocycles. The summed E-state index contributed by atoms with van der Waals surface area (Å²) in [6.45, 7) is 3.71. The van der Waals surface area contributed by atoms with Crippen LogP contribution in [0.15, 0.2) is 114 Å². The van der Waals surface area contributed by atoms with E-state index in [1.165, 1.54) is 17.0 Å². The number of sulfonamides is 1. The highest BCUT2D eigenvalue weighted by atomic mass is 35.5. The number of amides is 2. The van der Waals surface area contributed by atoms with Gasteiger partial charge in [0.05, 0.1) is 10.6 Å². The van der Waals surface area contributed by atoms with Gasteiger partial charge < -0.3 is 10.2 Å². The number of benzene rings is 4. The van der Waals surface area contributed by atoms with Crippen LogP contribution >= 0.6 is 11.6 Å². The highest BCUT2D eigenvalue weighted by molar-refractivity contribution is 7.92. The number of nitrogens with zero attached hydrogens (tertiary/aromatic N) is 2. The summed E-state index contributed by atoms with van der Waals surface area (Å²) in [5, 5.41) is 3.32. The van der Waals surface area contributed by atoms with Crippen molar-refractivity contribution in [1.82, 2.24) is 10.2 Å². The molecule has 0 spiro atoms. The van der Waals surface area contributed by atoms with Crippen LogP contribution in [0.25, 0.3) is 0 Å². The van der Waals surface area contributed by atoms with E-state index in [1.807, 2.05) is 67.6 Å². The number of rotatable bonds is 13. The maximum Gasteiger partial charge on any atom is 0.264 e. The second kappa shape index (κ2) is 14.8. The van der Waals surface area contributed by atoms with Gasteiger partial charge in [-0.3, -0.25) is 13.9 Å². The Morgan fingerprint density at radius 3 is 2.00 bits per heavy atom. The van der Waals surface area contributed by atoms with Gasteiger partial charge in [-0.1, -0.05) is 103 Å². The fourth-order valence-corrected chi connectivity index (χ4v) is 6.46. The number of carbonyl (C=O) groups is 2. The molecule has 0 aliphatic heterocycles. The first-order valence-corrected chi connectivity index (χ1v) is 16.0. The topological polar surface area (TPSA) is 86.8 Å². The molecule has 0 heterocycles. The van der Waals surface area contributed by atoms with E-state index in [4.69, 9.17) is 11.6 Å². The summed E-state index contributed by atoms with van der Waals surface area (Å²) in [5.74, 6) is -0.818. The minimum atomic E-state index is -4.19. The van der Waals surface area contributed by atoms with Crippen molar-refractivity contribution in [3.8, 4) is 0 Å². The molecule has 4 aromatic rings. The van der Waals surface area contributed by atoms with Gasteiger partial charge in [-0.05, 0) is 54.3 Å². The zero-order valence-electron chi connectivity index (χ0n) is 24.3. The summed E-state index contributed by atoms with van der Waals surface area (Å²) in [5.41, 5.74) is 2.50. The van der Waals surface area contributed by atoms with E-state index in [-0.39, 0.29) is 23.8 Å². The van der Waals surface area contributed by atoms with Crippen LogP contribution in [0.1, 0.15) is 30.0 Å². The van der Waals surface area contributed by atoms with Crippen LogP contribution in [0.2, 0.25) is 5.02 Å². The lowest BCUT2D eigenvalue weighted by Crippen LogP contribution is -2.53. The zero-order valence-corrected chi connectivity index (χ0v) is 25.9. The summed E-state index contributed by atoms with van der Waals surface area (Å²) in [4.78, 5) is 29.6. The van der Waals surface area contributed by atoms with Gasteiger partial charge in [-0.2, -0.15) is 0 Å². The van der Waals surface area contributed by atoms with Gasteiger partial charge in [0.2, 0.25) is 11.8 Å². The molecule has 0 radical (unpaired) electrons. The molecule has 224 valence electrons. The molecular weight excluding hydrogens is 582 g/mol. The molecule has 1 atom stereocenters. The number of halogens is 1. The van der Waals surface area contributed by atoms with Crippen LogP contribution in [0.4, 0.5) is 5.69 Å². The summed E-state index contributed by atoms with van der Waals surface area (Å²) < 4.78 is 29.3. The summed E-state index contributed by atoms with van der Waals surface area (Å²) >= 11 is 6.42. The molecule has 0 aliphatic rings. The van der Waals surface area contributed by atoms with Gasteiger partial charge in [-0.25, -0.2) is 8.42 Å². The Kier molecular flexibility index (Phi) is 11.0. The van der Waals surface area contributed by atoms with E-state index in [0.717, 1.165) is 21.9 Å². The number of hydrogen-bond donors (Lipinski definition) is 1. The van der Waals surface area contributed by atoms with E-state index in [1.54, 1.807) is 43.3 Å². The fourth-order valence-electron chi connectivity index (χ4n) is 4.80. The van der Waals surface area contributed by atoms with Gasteiger partial charge >= 0.3 is 0 Å². The zero-order chi connectivity index (χ0) is 30.8. The van der Waals surface area contributed by atoms with Crippen molar-refractivity contribution in [3.63, 3.8) is 0 Å². The predicted octanol–water partition coefficient (Wildman–Crippen LogP) is 6.01. The SMILES string of the molecule is CCCNC(=O)[C@H](Cc1ccccc1)N(Cc1ccccc1)C(=O)CN(c1cccc(Cl)c1C)S(=O)(=O)c1ccccc1. The van der Waals surface area contributed by atoms with E-state index in [9.17, 15) is 18.0 Å². The van der Waals surface area contributed by atoms with Gasteiger partial charge in [0.1, 0.15) is 12.6 Å². The van der Waals surface area contributed by atoms with Crippen LogP contribution in [0.5, 0.6) is 0 Å². The maximum absolute atomic E-state index is 14.4. The molecule has 4 rings (SSSR count). The number of carbonyl (C=O) groups excluding carboxylic acids is 2. The quantitative estimate of drug-likeness (QED) is 0.199. The van der Waals surface area contributed by atoms with Crippen LogP contribution in [-0.2, 0) is 32.6 Å². The van der Waals surface area contributed by atoms with Gasteiger partial charge in [-0.15, -0.1) is 0 Å². The van der Waals surface area contributed by atoms with Crippen molar-refractivity contribution in [3.05, 3.63) is 131 Å². The second-order valence-electron chi connectivity index (χ2n) is 10.2. The third kappa shape index (κ3) is 8.03. The average Bonchev–Trinajstić information content (AvgIpc) is 3.03. The molecular formula is C34H36ClN3O4S. The van der Waals surface area contributed by atoms with Crippen molar-refractivity contribution in [1.29, 1.82) is 0 Å². The summed E-state index contributed by atoms with van der Waals surface area (Å²) in [7, 11) is -4.19. The van der Waals surface area contributed by atoms with Gasteiger partial charge in [0, 0.05) is 24.5 Å². The molecule has 43 heavy (non-hydrogen) atoms. The highest BCUT2D eigenvalue weighted by Crippen LogP contribution is 2.31. The Balaban J connectivity index is 1.80. The fraction of sp³-hybridized carbons (Fsp3) is 0.235. The molecule has 0 fully saturated rings. The lowest BCUT2D eigenvalue weighted by Gasteiger charge is -2.34. The Morgan fingerprint density at radius 1 is 0.814 bits per heavy atom.